The van der Waals surface area contributed by atoms with E-state index in [1.165, 1.54) is 4.57 Å². The molecule has 0 atom stereocenters. The van der Waals surface area contributed by atoms with Gasteiger partial charge in [0.25, 0.3) is 5.56 Å². The van der Waals surface area contributed by atoms with Gasteiger partial charge in [0.15, 0.2) is 0 Å². The molecule has 1 aromatic heterocycles. The van der Waals surface area contributed by atoms with Crippen molar-refractivity contribution in [1.82, 2.24) is 9.55 Å². The largest absolute Gasteiger partial charge is 0.381 e. The molecule has 0 saturated carbocycles. The SMILES string of the molecule is Cc1c(Cl)[nH]c(=O)n(C2(C)CCOCC2)c1=O. The molecule has 0 bridgehead atoms. The number of hydrogen-bond donors (Lipinski definition) is 1. The molecule has 0 aliphatic carbocycles. The lowest BCUT2D eigenvalue weighted by Gasteiger charge is -2.34. The van der Waals surface area contributed by atoms with Crippen molar-refractivity contribution in [3.8, 4) is 0 Å². The minimum absolute atomic E-state index is 0.118. The maximum Gasteiger partial charge on any atom is 0.330 e. The Labute approximate surface area is 103 Å². The first-order valence-electron chi connectivity index (χ1n) is 5.55. The third kappa shape index (κ3) is 2.05. The fraction of sp³-hybridized carbons (Fsp3) is 0.636. The Hall–Kier alpha value is -1.07. The van der Waals surface area contributed by atoms with Crippen LogP contribution < -0.4 is 11.2 Å². The van der Waals surface area contributed by atoms with E-state index < -0.39 is 11.2 Å². The molecule has 0 unspecified atom stereocenters. The summed E-state index contributed by atoms with van der Waals surface area (Å²) in [6, 6.07) is 0. The Morgan fingerprint density at radius 1 is 1.35 bits per heavy atom. The van der Waals surface area contributed by atoms with Crippen LogP contribution in [0.15, 0.2) is 9.59 Å². The van der Waals surface area contributed by atoms with Gasteiger partial charge in [0.1, 0.15) is 5.15 Å². The lowest BCUT2D eigenvalue weighted by atomic mass is 9.92. The van der Waals surface area contributed by atoms with E-state index >= 15 is 0 Å². The molecule has 94 valence electrons. The van der Waals surface area contributed by atoms with Crippen LogP contribution in [0, 0.1) is 6.92 Å². The van der Waals surface area contributed by atoms with Crippen LogP contribution in [0.2, 0.25) is 5.15 Å². The number of ether oxygens (including phenoxy) is 1. The third-order valence-electron chi connectivity index (χ3n) is 3.38. The van der Waals surface area contributed by atoms with E-state index in [0.29, 0.717) is 31.6 Å². The molecule has 17 heavy (non-hydrogen) atoms. The van der Waals surface area contributed by atoms with Gasteiger partial charge >= 0.3 is 5.69 Å². The fourth-order valence-electron chi connectivity index (χ4n) is 2.12. The molecule has 1 aliphatic rings. The Kier molecular flexibility index (Phi) is 3.14. The predicted molar refractivity (Wildman–Crippen MR) is 64.8 cm³/mol. The second-order valence-electron chi connectivity index (χ2n) is 4.62. The number of aromatic amines is 1. The molecule has 0 radical (unpaired) electrons. The first-order chi connectivity index (χ1) is 7.96. The van der Waals surface area contributed by atoms with Crippen LogP contribution in [-0.2, 0) is 10.3 Å². The average molecular weight is 259 g/mol. The number of hydrogen-bond acceptors (Lipinski definition) is 3. The second kappa shape index (κ2) is 4.31. The van der Waals surface area contributed by atoms with Crippen LogP contribution >= 0.6 is 11.6 Å². The molecule has 6 heteroatoms. The van der Waals surface area contributed by atoms with Crippen LogP contribution in [0.3, 0.4) is 0 Å². The van der Waals surface area contributed by atoms with Crippen molar-refractivity contribution in [1.29, 1.82) is 0 Å². The van der Waals surface area contributed by atoms with E-state index in [-0.39, 0.29) is 10.7 Å². The second-order valence-corrected chi connectivity index (χ2v) is 5.00. The summed E-state index contributed by atoms with van der Waals surface area (Å²) in [5.41, 5.74) is -0.879. The monoisotopic (exact) mass is 258 g/mol. The number of nitrogens with zero attached hydrogens (tertiary/aromatic N) is 1. The molecule has 1 aromatic rings. The zero-order valence-electron chi connectivity index (χ0n) is 9.88. The summed E-state index contributed by atoms with van der Waals surface area (Å²) in [6.07, 6.45) is 1.30. The van der Waals surface area contributed by atoms with E-state index in [1.54, 1.807) is 6.92 Å². The Morgan fingerprint density at radius 3 is 2.53 bits per heavy atom. The summed E-state index contributed by atoms with van der Waals surface area (Å²) in [5.74, 6) is 0. The number of rotatable bonds is 1. The topological polar surface area (TPSA) is 64.1 Å². The van der Waals surface area contributed by atoms with Crippen molar-refractivity contribution in [3.63, 3.8) is 0 Å². The zero-order chi connectivity index (χ0) is 12.6. The van der Waals surface area contributed by atoms with Gasteiger partial charge in [0, 0.05) is 18.8 Å². The number of halogens is 1. The third-order valence-corrected chi connectivity index (χ3v) is 3.76. The van der Waals surface area contributed by atoms with Gasteiger partial charge in [-0.25, -0.2) is 4.79 Å². The van der Waals surface area contributed by atoms with Crippen LogP contribution in [0.25, 0.3) is 0 Å². The van der Waals surface area contributed by atoms with Gasteiger partial charge in [-0.1, -0.05) is 11.6 Å². The molecule has 0 spiro atoms. The van der Waals surface area contributed by atoms with Gasteiger partial charge < -0.3 is 4.74 Å². The van der Waals surface area contributed by atoms with Crippen molar-refractivity contribution in [2.24, 2.45) is 0 Å². The summed E-state index contributed by atoms with van der Waals surface area (Å²) in [7, 11) is 0. The number of aromatic nitrogens is 2. The van der Waals surface area contributed by atoms with Gasteiger partial charge in [-0.3, -0.25) is 14.3 Å². The van der Waals surface area contributed by atoms with E-state index in [1.807, 2.05) is 6.92 Å². The molecular weight excluding hydrogens is 244 g/mol. The average Bonchev–Trinajstić information content (AvgIpc) is 2.26. The van der Waals surface area contributed by atoms with E-state index in [0.717, 1.165) is 0 Å². The molecule has 2 heterocycles. The molecule has 1 fully saturated rings. The van der Waals surface area contributed by atoms with Gasteiger partial charge in [-0.15, -0.1) is 0 Å². The maximum atomic E-state index is 12.1. The molecule has 2 rings (SSSR count). The highest BCUT2D eigenvalue weighted by Gasteiger charge is 2.32. The van der Waals surface area contributed by atoms with Gasteiger partial charge in [0.05, 0.1) is 5.54 Å². The van der Waals surface area contributed by atoms with E-state index in [9.17, 15) is 9.59 Å². The summed E-state index contributed by atoms with van der Waals surface area (Å²) < 4.78 is 6.54. The van der Waals surface area contributed by atoms with Gasteiger partial charge in [-0.05, 0) is 26.7 Å². The first kappa shape index (κ1) is 12.4. The lowest BCUT2D eigenvalue weighted by Crippen LogP contribution is -2.51. The van der Waals surface area contributed by atoms with Crippen molar-refractivity contribution in [2.45, 2.75) is 32.2 Å². The highest BCUT2D eigenvalue weighted by Crippen LogP contribution is 2.26. The molecule has 1 aliphatic heterocycles. The first-order valence-corrected chi connectivity index (χ1v) is 5.93. The number of nitrogens with one attached hydrogen (secondary N) is 1. The minimum atomic E-state index is -0.488. The van der Waals surface area contributed by atoms with Gasteiger partial charge in [0.2, 0.25) is 0 Å². The van der Waals surface area contributed by atoms with Crippen LogP contribution in [0.1, 0.15) is 25.3 Å². The summed E-state index contributed by atoms with van der Waals surface area (Å²) in [4.78, 5) is 26.5. The molecule has 1 saturated heterocycles. The molecule has 0 amide bonds. The zero-order valence-corrected chi connectivity index (χ0v) is 10.6. The smallest absolute Gasteiger partial charge is 0.330 e. The summed E-state index contributed by atoms with van der Waals surface area (Å²) >= 11 is 5.78. The van der Waals surface area contributed by atoms with Crippen LogP contribution in [-0.4, -0.2) is 22.8 Å². The predicted octanol–water partition coefficient (Wildman–Crippen LogP) is 1.02. The van der Waals surface area contributed by atoms with Crippen LogP contribution in [0.5, 0.6) is 0 Å². The van der Waals surface area contributed by atoms with Crippen LogP contribution in [0.4, 0.5) is 0 Å². The Balaban J connectivity index is 2.63. The number of H-pyrrole nitrogens is 1. The molecule has 5 nitrogen and oxygen atoms in total. The summed E-state index contributed by atoms with van der Waals surface area (Å²) in [5, 5.41) is 0.118. The van der Waals surface area contributed by atoms with Crippen molar-refractivity contribution < 1.29 is 4.74 Å². The normalized spacial score (nSPS) is 19.2. The van der Waals surface area contributed by atoms with Crippen molar-refractivity contribution in [3.05, 3.63) is 31.6 Å². The highest BCUT2D eigenvalue weighted by atomic mass is 35.5. The van der Waals surface area contributed by atoms with E-state index in [2.05, 4.69) is 4.98 Å². The van der Waals surface area contributed by atoms with Gasteiger partial charge in [-0.2, -0.15) is 0 Å². The van der Waals surface area contributed by atoms with Crippen molar-refractivity contribution in [2.75, 3.05) is 13.2 Å². The standard InChI is InChI=1S/C11H15ClN2O3/c1-7-8(12)13-10(16)14(9(7)15)11(2)3-5-17-6-4-11/h3-6H2,1-2H3,(H,13,16). The van der Waals surface area contributed by atoms with Crippen molar-refractivity contribution >= 4 is 11.6 Å². The maximum absolute atomic E-state index is 12.1. The highest BCUT2D eigenvalue weighted by molar-refractivity contribution is 6.30. The molecular formula is C11H15ClN2O3. The molecule has 1 N–H and O–H groups in total. The Bertz CT molecular complexity index is 541. The van der Waals surface area contributed by atoms with E-state index in [4.69, 9.17) is 16.3 Å². The fourth-order valence-corrected chi connectivity index (χ4v) is 2.28. The molecule has 0 aromatic carbocycles. The summed E-state index contributed by atoms with van der Waals surface area (Å²) in [6.45, 7) is 4.63. The quantitative estimate of drug-likeness (QED) is 0.765. The lowest BCUT2D eigenvalue weighted by molar-refractivity contribution is 0.0259. The Morgan fingerprint density at radius 2 is 1.94 bits per heavy atom. The minimum Gasteiger partial charge on any atom is -0.381 e.